The second-order valence-corrected chi connectivity index (χ2v) is 8.97. The number of amides is 1. The van der Waals surface area contributed by atoms with Crippen LogP contribution >= 0.6 is 12.2 Å². The largest absolute Gasteiger partial charge is 0.292 e. The topological polar surface area (TPSA) is 44.7 Å². The summed E-state index contributed by atoms with van der Waals surface area (Å²) >= 11 is 6.25. The maximum absolute atomic E-state index is 13.3. The third-order valence-corrected chi connectivity index (χ3v) is 6.78. The Balaban J connectivity index is 1.74. The minimum Gasteiger partial charge on any atom is -0.292 e. The maximum atomic E-state index is 13.3. The lowest BCUT2D eigenvalue weighted by Crippen LogP contribution is -2.46. The molecule has 0 aliphatic carbocycles. The van der Waals surface area contributed by atoms with Gasteiger partial charge < -0.3 is 0 Å². The number of guanidine groups is 1. The average Bonchev–Trinajstić information content (AvgIpc) is 3.18. The average molecular weight is 476 g/mol. The number of aliphatic imine (C=N–C) groups is 1. The molecule has 172 valence electrons. The van der Waals surface area contributed by atoms with E-state index in [0.29, 0.717) is 16.5 Å². The standard InChI is InChI=1S/C30H25N3OS/c1-21-13-12-14-22(2)26(21)33-28(35)30(24-17-8-4-9-18-24,25-19-10-5-11-20-25)32-29(33)31-27(34)23-15-6-3-7-16-23/h3-20H,1-2H3,(H,31,32,34). The first-order valence-corrected chi connectivity index (χ1v) is 11.9. The van der Waals surface area contributed by atoms with Gasteiger partial charge in [-0.2, -0.15) is 0 Å². The van der Waals surface area contributed by atoms with Crippen molar-refractivity contribution in [3.63, 3.8) is 0 Å². The monoisotopic (exact) mass is 475 g/mol. The van der Waals surface area contributed by atoms with Crippen LogP contribution in [0, 0.1) is 13.8 Å². The van der Waals surface area contributed by atoms with Crippen molar-refractivity contribution in [2.24, 2.45) is 4.99 Å². The minimum atomic E-state index is -0.966. The number of nitrogens with zero attached hydrogens (tertiary/aromatic N) is 2. The van der Waals surface area contributed by atoms with Gasteiger partial charge in [-0.25, -0.2) is 4.99 Å². The molecule has 5 rings (SSSR count). The molecule has 0 radical (unpaired) electrons. The van der Waals surface area contributed by atoms with Crippen molar-refractivity contribution in [1.82, 2.24) is 5.32 Å². The third-order valence-electron chi connectivity index (χ3n) is 6.31. The maximum Gasteiger partial charge on any atom is 0.257 e. The zero-order valence-electron chi connectivity index (χ0n) is 19.6. The fourth-order valence-corrected chi connectivity index (χ4v) is 5.09. The molecular weight excluding hydrogens is 450 g/mol. The molecule has 35 heavy (non-hydrogen) atoms. The summed E-state index contributed by atoms with van der Waals surface area (Å²) in [4.78, 5) is 21.0. The van der Waals surface area contributed by atoms with E-state index in [4.69, 9.17) is 17.2 Å². The number of carbonyl (C=O) groups excluding carboxylic acids is 1. The molecule has 0 saturated heterocycles. The summed E-state index contributed by atoms with van der Waals surface area (Å²) < 4.78 is 0. The van der Waals surface area contributed by atoms with Crippen molar-refractivity contribution in [2.75, 3.05) is 4.90 Å². The number of para-hydroxylation sites is 1. The zero-order chi connectivity index (χ0) is 24.4. The van der Waals surface area contributed by atoms with E-state index in [-0.39, 0.29) is 5.91 Å². The summed E-state index contributed by atoms with van der Waals surface area (Å²) in [7, 11) is 0. The van der Waals surface area contributed by atoms with Gasteiger partial charge in [-0.15, -0.1) is 0 Å². The molecule has 4 nitrogen and oxygen atoms in total. The first-order chi connectivity index (χ1) is 17.0. The number of carbonyl (C=O) groups is 1. The molecule has 4 aromatic rings. The Bertz CT molecular complexity index is 1360. The molecule has 1 aliphatic rings. The van der Waals surface area contributed by atoms with Crippen LogP contribution in [-0.2, 0) is 5.54 Å². The van der Waals surface area contributed by atoms with E-state index >= 15 is 0 Å². The van der Waals surface area contributed by atoms with E-state index < -0.39 is 5.54 Å². The normalized spacial score (nSPS) is 14.5. The van der Waals surface area contributed by atoms with Gasteiger partial charge in [0, 0.05) is 5.56 Å². The van der Waals surface area contributed by atoms with Crippen LogP contribution in [0.1, 0.15) is 32.6 Å². The predicted octanol–water partition coefficient (Wildman–Crippen LogP) is 6.18. The fourth-order valence-electron chi connectivity index (χ4n) is 4.63. The van der Waals surface area contributed by atoms with Gasteiger partial charge in [0.25, 0.3) is 5.91 Å². The molecule has 1 N–H and O–H groups in total. The highest BCUT2D eigenvalue weighted by Gasteiger charge is 2.49. The lowest BCUT2D eigenvalue weighted by molar-refractivity contribution is 0.0976. The smallest absolute Gasteiger partial charge is 0.257 e. The van der Waals surface area contributed by atoms with Gasteiger partial charge in [0.05, 0.1) is 5.69 Å². The summed E-state index contributed by atoms with van der Waals surface area (Å²) in [5.41, 5.74) is 4.49. The van der Waals surface area contributed by atoms with Crippen LogP contribution in [0.3, 0.4) is 0 Å². The molecule has 1 amide bonds. The van der Waals surface area contributed by atoms with E-state index in [9.17, 15) is 4.79 Å². The molecule has 1 aliphatic heterocycles. The molecule has 0 fully saturated rings. The second kappa shape index (κ2) is 9.28. The summed E-state index contributed by atoms with van der Waals surface area (Å²) in [6.07, 6.45) is 0. The first-order valence-electron chi connectivity index (χ1n) is 11.5. The quantitative estimate of drug-likeness (QED) is 0.359. The van der Waals surface area contributed by atoms with Crippen LogP contribution in [0.4, 0.5) is 5.69 Å². The Morgan fingerprint density at radius 2 is 1.23 bits per heavy atom. The SMILES string of the molecule is Cc1cccc(C)c1N1C(=S)C(c2ccccc2)(c2ccccc2)N=C1NC(=O)c1ccccc1. The number of nitrogens with one attached hydrogen (secondary N) is 1. The Labute approximate surface area is 211 Å². The summed E-state index contributed by atoms with van der Waals surface area (Å²) in [6.45, 7) is 4.10. The lowest BCUT2D eigenvalue weighted by Gasteiger charge is -2.31. The van der Waals surface area contributed by atoms with Gasteiger partial charge in [-0.05, 0) is 48.2 Å². The van der Waals surface area contributed by atoms with E-state index in [2.05, 4.69) is 5.32 Å². The minimum absolute atomic E-state index is 0.236. The number of hydrogen-bond donors (Lipinski definition) is 1. The third kappa shape index (κ3) is 3.94. The van der Waals surface area contributed by atoms with Gasteiger partial charge >= 0.3 is 0 Å². The molecule has 5 heteroatoms. The Hall–Kier alpha value is -4.09. The number of anilines is 1. The molecule has 1 heterocycles. The highest BCUT2D eigenvalue weighted by Crippen LogP contribution is 2.43. The highest BCUT2D eigenvalue weighted by molar-refractivity contribution is 7.81. The second-order valence-electron chi connectivity index (χ2n) is 8.58. The van der Waals surface area contributed by atoms with Gasteiger partial charge in [-0.3, -0.25) is 15.0 Å². The molecule has 0 unspecified atom stereocenters. The van der Waals surface area contributed by atoms with Gasteiger partial charge in [-0.1, -0.05) is 109 Å². The lowest BCUT2D eigenvalue weighted by atomic mass is 9.83. The fraction of sp³-hybridized carbons (Fsp3) is 0.100. The van der Waals surface area contributed by atoms with Crippen LogP contribution in [0.5, 0.6) is 0 Å². The summed E-state index contributed by atoms with van der Waals surface area (Å²) in [5, 5.41) is 3.07. The molecule has 0 atom stereocenters. The van der Waals surface area contributed by atoms with E-state index in [1.807, 2.05) is 116 Å². The van der Waals surface area contributed by atoms with E-state index in [1.165, 1.54) is 0 Å². The first kappa shape index (κ1) is 22.7. The Morgan fingerprint density at radius 1 is 0.743 bits per heavy atom. The van der Waals surface area contributed by atoms with Crippen LogP contribution in [0.2, 0.25) is 0 Å². The van der Waals surface area contributed by atoms with Crippen LogP contribution in [0.25, 0.3) is 0 Å². The highest BCUT2D eigenvalue weighted by atomic mass is 32.1. The predicted molar refractivity (Wildman–Crippen MR) is 146 cm³/mol. The van der Waals surface area contributed by atoms with Gasteiger partial charge in [0.1, 0.15) is 4.99 Å². The number of benzene rings is 4. The Kier molecular flexibility index (Phi) is 6.01. The van der Waals surface area contributed by atoms with Crippen LogP contribution in [-0.4, -0.2) is 16.9 Å². The molecular formula is C30H25N3OS. The number of thiocarbonyl (C=S) groups is 1. The molecule has 4 aromatic carbocycles. The van der Waals surface area contributed by atoms with Gasteiger partial charge in [0.15, 0.2) is 5.54 Å². The summed E-state index contributed by atoms with van der Waals surface area (Å²) in [6, 6.07) is 35.3. The van der Waals surface area contributed by atoms with Crippen molar-refractivity contribution in [2.45, 2.75) is 19.4 Å². The zero-order valence-corrected chi connectivity index (χ0v) is 20.4. The van der Waals surface area contributed by atoms with Crippen molar-refractivity contribution >= 4 is 34.8 Å². The van der Waals surface area contributed by atoms with E-state index in [1.54, 1.807) is 12.1 Å². The van der Waals surface area contributed by atoms with Crippen molar-refractivity contribution < 1.29 is 4.79 Å². The molecule has 0 bridgehead atoms. The molecule has 0 saturated carbocycles. The van der Waals surface area contributed by atoms with Crippen LogP contribution < -0.4 is 10.2 Å². The van der Waals surface area contributed by atoms with E-state index in [0.717, 1.165) is 27.9 Å². The number of hydrogen-bond acceptors (Lipinski definition) is 3. The van der Waals surface area contributed by atoms with Crippen LogP contribution in [0.15, 0.2) is 114 Å². The number of rotatable bonds is 4. The summed E-state index contributed by atoms with van der Waals surface area (Å²) in [5.74, 6) is 0.175. The van der Waals surface area contributed by atoms with Crippen molar-refractivity contribution in [3.8, 4) is 0 Å². The molecule has 0 aromatic heterocycles. The van der Waals surface area contributed by atoms with Crippen molar-refractivity contribution in [1.29, 1.82) is 0 Å². The molecule has 0 spiro atoms. The number of aryl methyl sites for hydroxylation is 2. The Morgan fingerprint density at radius 3 is 1.74 bits per heavy atom. The van der Waals surface area contributed by atoms with Crippen molar-refractivity contribution in [3.05, 3.63) is 137 Å². The van der Waals surface area contributed by atoms with Gasteiger partial charge in [0.2, 0.25) is 5.96 Å².